The Morgan fingerprint density at radius 1 is 1.25 bits per heavy atom. The van der Waals surface area contributed by atoms with Crippen molar-refractivity contribution in [3.8, 4) is 0 Å². The van der Waals surface area contributed by atoms with Gasteiger partial charge >= 0.3 is 0 Å². The largest absolute Gasteiger partial charge is 0.317 e. The number of rotatable bonds is 6. The summed E-state index contributed by atoms with van der Waals surface area (Å²) in [7, 11) is 0. The van der Waals surface area contributed by atoms with E-state index < -0.39 is 0 Å². The Bertz CT molecular complexity index is 162. The Labute approximate surface area is 102 Å². The molecule has 96 valence electrons. The molecule has 0 amide bonds. The quantitative estimate of drug-likeness (QED) is 0.749. The van der Waals surface area contributed by atoms with E-state index in [0.29, 0.717) is 0 Å². The summed E-state index contributed by atoms with van der Waals surface area (Å²) in [5, 5.41) is 3.52. The molecule has 1 N–H and O–H groups in total. The Balaban J connectivity index is 2.50. The molecule has 1 saturated heterocycles. The molecule has 1 heterocycles. The average molecular weight is 226 g/mol. The van der Waals surface area contributed by atoms with Crippen LogP contribution in [0.2, 0.25) is 0 Å². The predicted molar refractivity (Wildman–Crippen MR) is 71.9 cm³/mol. The molecule has 0 radical (unpaired) electrons. The molecule has 1 aliphatic rings. The Morgan fingerprint density at radius 2 is 2.06 bits per heavy atom. The van der Waals surface area contributed by atoms with Gasteiger partial charge in [0.15, 0.2) is 0 Å². The zero-order chi connectivity index (χ0) is 11.8. The van der Waals surface area contributed by atoms with E-state index in [1.165, 1.54) is 58.2 Å². The van der Waals surface area contributed by atoms with Gasteiger partial charge < -0.3 is 5.32 Å². The lowest BCUT2D eigenvalue weighted by atomic mass is 10.0. The summed E-state index contributed by atoms with van der Waals surface area (Å²) in [5.41, 5.74) is 0. The van der Waals surface area contributed by atoms with Crippen molar-refractivity contribution in [3.63, 3.8) is 0 Å². The van der Waals surface area contributed by atoms with Gasteiger partial charge in [0.05, 0.1) is 0 Å². The van der Waals surface area contributed by atoms with E-state index in [4.69, 9.17) is 0 Å². The van der Waals surface area contributed by atoms with E-state index in [0.717, 1.165) is 12.1 Å². The molecule has 0 bridgehead atoms. The second kappa shape index (κ2) is 8.08. The van der Waals surface area contributed by atoms with Crippen molar-refractivity contribution in [2.24, 2.45) is 0 Å². The second-order valence-corrected chi connectivity index (χ2v) is 5.18. The molecule has 0 aromatic carbocycles. The van der Waals surface area contributed by atoms with Crippen LogP contribution in [0.3, 0.4) is 0 Å². The molecule has 1 fully saturated rings. The number of nitrogens with zero attached hydrogens (tertiary/aromatic N) is 1. The Hall–Kier alpha value is -0.0800. The molecule has 16 heavy (non-hydrogen) atoms. The van der Waals surface area contributed by atoms with Gasteiger partial charge in [-0.05, 0) is 58.7 Å². The van der Waals surface area contributed by atoms with Crippen molar-refractivity contribution in [2.75, 3.05) is 19.6 Å². The number of unbranched alkanes of at least 4 members (excludes halogenated alkanes) is 1. The summed E-state index contributed by atoms with van der Waals surface area (Å²) in [4.78, 5) is 2.77. The summed E-state index contributed by atoms with van der Waals surface area (Å²) in [5.74, 6) is 0. The first-order valence-corrected chi connectivity index (χ1v) is 7.26. The molecule has 0 aromatic rings. The molecule has 2 heteroatoms. The van der Waals surface area contributed by atoms with Gasteiger partial charge in [0.2, 0.25) is 0 Å². The summed E-state index contributed by atoms with van der Waals surface area (Å²) >= 11 is 0. The van der Waals surface area contributed by atoms with E-state index in [-0.39, 0.29) is 0 Å². The standard InChI is InChI=1S/C14H30N2/c1-4-6-12-16(13(3)5-2)14-8-7-10-15-11-9-14/h13-15H,4-12H2,1-3H3. The topological polar surface area (TPSA) is 15.3 Å². The first-order valence-electron chi connectivity index (χ1n) is 7.26. The van der Waals surface area contributed by atoms with Gasteiger partial charge in [-0.3, -0.25) is 4.90 Å². The maximum atomic E-state index is 3.52. The average Bonchev–Trinajstić information content (AvgIpc) is 2.58. The van der Waals surface area contributed by atoms with Crippen molar-refractivity contribution in [2.45, 2.75) is 71.4 Å². The van der Waals surface area contributed by atoms with Gasteiger partial charge in [-0.1, -0.05) is 20.3 Å². The van der Waals surface area contributed by atoms with Crippen LogP contribution in [0.15, 0.2) is 0 Å². The first kappa shape index (κ1) is 14.0. The van der Waals surface area contributed by atoms with Gasteiger partial charge in [0.25, 0.3) is 0 Å². The number of hydrogen-bond acceptors (Lipinski definition) is 2. The minimum Gasteiger partial charge on any atom is -0.317 e. The van der Waals surface area contributed by atoms with Crippen LogP contribution in [-0.4, -0.2) is 36.6 Å². The SMILES string of the molecule is CCCCN(C(C)CC)C1CCCNCC1. The normalized spacial score (nSPS) is 24.4. The van der Waals surface area contributed by atoms with Gasteiger partial charge in [-0.25, -0.2) is 0 Å². The van der Waals surface area contributed by atoms with E-state index in [9.17, 15) is 0 Å². The number of hydrogen-bond donors (Lipinski definition) is 1. The monoisotopic (exact) mass is 226 g/mol. The van der Waals surface area contributed by atoms with Crippen molar-refractivity contribution in [1.29, 1.82) is 0 Å². The fraction of sp³-hybridized carbons (Fsp3) is 1.00. The minimum atomic E-state index is 0.759. The molecule has 0 spiro atoms. The molecular formula is C14H30N2. The molecule has 1 rings (SSSR count). The van der Waals surface area contributed by atoms with E-state index >= 15 is 0 Å². The molecule has 2 atom stereocenters. The molecule has 0 aliphatic carbocycles. The maximum Gasteiger partial charge on any atom is 0.0111 e. The smallest absolute Gasteiger partial charge is 0.0111 e. The first-order chi connectivity index (χ1) is 7.79. The predicted octanol–water partition coefficient (Wildman–Crippen LogP) is 3.03. The minimum absolute atomic E-state index is 0.759. The highest BCUT2D eigenvalue weighted by molar-refractivity contribution is 4.79. The molecule has 2 nitrogen and oxygen atoms in total. The van der Waals surface area contributed by atoms with Gasteiger partial charge in [0, 0.05) is 12.1 Å². The third kappa shape index (κ3) is 4.42. The van der Waals surface area contributed by atoms with Gasteiger partial charge in [-0.2, -0.15) is 0 Å². The maximum absolute atomic E-state index is 3.52. The van der Waals surface area contributed by atoms with E-state index in [1.54, 1.807) is 0 Å². The summed E-state index contributed by atoms with van der Waals surface area (Å²) in [6.45, 7) is 10.7. The van der Waals surface area contributed by atoms with Crippen LogP contribution in [0.1, 0.15) is 59.3 Å². The Kier molecular flexibility index (Phi) is 7.06. The highest BCUT2D eigenvalue weighted by Crippen LogP contribution is 2.18. The van der Waals surface area contributed by atoms with Crippen LogP contribution in [-0.2, 0) is 0 Å². The summed E-state index contributed by atoms with van der Waals surface area (Å²) < 4.78 is 0. The van der Waals surface area contributed by atoms with Crippen LogP contribution in [0.25, 0.3) is 0 Å². The summed E-state index contributed by atoms with van der Waals surface area (Å²) in [6.07, 6.45) is 8.04. The third-order valence-electron chi connectivity index (χ3n) is 3.94. The number of nitrogens with one attached hydrogen (secondary N) is 1. The van der Waals surface area contributed by atoms with Crippen LogP contribution >= 0.6 is 0 Å². The zero-order valence-electron chi connectivity index (χ0n) is 11.5. The van der Waals surface area contributed by atoms with Crippen molar-refractivity contribution in [1.82, 2.24) is 10.2 Å². The van der Waals surface area contributed by atoms with Crippen molar-refractivity contribution in [3.05, 3.63) is 0 Å². The van der Waals surface area contributed by atoms with Gasteiger partial charge in [0.1, 0.15) is 0 Å². The highest BCUT2D eigenvalue weighted by atomic mass is 15.2. The van der Waals surface area contributed by atoms with Crippen LogP contribution < -0.4 is 5.32 Å². The lowest BCUT2D eigenvalue weighted by Gasteiger charge is -2.35. The van der Waals surface area contributed by atoms with Crippen LogP contribution in [0.4, 0.5) is 0 Å². The van der Waals surface area contributed by atoms with E-state index in [1.807, 2.05) is 0 Å². The van der Waals surface area contributed by atoms with Crippen LogP contribution in [0.5, 0.6) is 0 Å². The summed E-state index contributed by atoms with van der Waals surface area (Å²) in [6, 6.07) is 1.59. The fourth-order valence-electron chi connectivity index (χ4n) is 2.67. The molecule has 2 unspecified atom stereocenters. The second-order valence-electron chi connectivity index (χ2n) is 5.18. The van der Waals surface area contributed by atoms with Crippen LogP contribution in [0, 0.1) is 0 Å². The lowest BCUT2D eigenvalue weighted by Crippen LogP contribution is -2.42. The Morgan fingerprint density at radius 3 is 2.75 bits per heavy atom. The van der Waals surface area contributed by atoms with E-state index in [2.05, 4.69) is 31.0 Å². The highest BCUT2D eigenvalue weighted by Gasteiger charge is 2.22. The molecule has 0 saturated carbocycles. The van der Waals surface area contributed by atoms with Crippen molar-refractivity contribution >= 4 is 0 Å². The lowest BCUT2D eigenvalue weighted by molar-refractivity contribution is 0.126. The molecule has 0 aromatic heterocycles. The molecule has 1 aliphatic heterocycles. The fourth-order valence-corrected chi connectivity index (χ4v) is 2.67. The van der Waals surface area contributed by atoms with Crippen molar-refractivity contribution < 1.29 is 0 Å². The molecular weight excluding hydrogens is 196 g/mol. The zero-order valence-corrected chi connectivity index (χ0v) is 11.5. The third-order valence-corrected chi connectivity index (χ3v) is 3.94. The van der Waals surface area contributed by atoms with Gasteiger partial charge in [-0.15, -0.1) is 0 Å².